The fourth-order valence-corrected chi connectivity index (χ4v) is 3.24. The third kappa shape index (κ3) is 3.47. The van der Waals surface area contributed by atoms with E-state index in [9.17, 15) is 8.60 Å². The minimum Gasteiger partial charge on any atom is -0.399 e. The molecule has 2 rings (SSSR count). The van der Waals surface area contributed by atoms with Crippen LogP contribution >= 0.6 is 23.2 Å². The average molecular weight is 318 g/mol. The van der Waals surface area contributed by atoms with Crippen LogP contribution in [0.1, 0.15) is 5.56 Å². The molecule has 0 radical (unpaired) electrons. The largest absolute Gasteiger partial charge is 0.399 e. The molecular formula is C13H10Cl2FNOS. The lowest BCUT2D eigenvalue weighted by Crippen LogP contribution is -1.99. The quantitative estimate of drug-likeness (QED) is 0.869. The number of nitrogen functional groups attached to an aromatic ring is 1. The van der Waals surface area contributed by atoms with Crippen LogP contribution < -0.4 is 5.73 Å². The summed E-state index contributed by atoms with van der Waals surface area (Å²) in [6, 6.07) is 9.11. The summed E-state index contributed by atoms with van der Waals surface area (Å²) in [5, 5.41) is 0.415. The smallest absolute Gasteiger partial charge is 0.142 e. The molecule has 1 unspecified atom stereocenters. The Balaban J connectivity index is 2.25. The predicted molar refractivity (Wildman–Crippen MR) is 77.4 cm³/mol. The SMILES string of the molecule is Nc1ccc(Cl)c(S(=O)Cc2ccc(Cl)c(F)c2)c1. The molecule has 2 aromatic carbocycles. The number of rotatable bonds is 3. The predicted octanol–water partition coefficient (Wildman–Crippen LogP) is 4.02. The van der Waals surface area contributed by atoms with E-state index in [1.165, 1.54) is 12.1 Å². The van der Waals surface area contributed by atoms with E-state index in [1.54, 1.807) is 24.3 Å². The van der Waals surface area contributed by atoms with E-state index in [4.69, 9.17) is 28.9 Å². The molecule has 2 nitrogen and oxygen atoms in total. The average Bonchev–Trinajstić information content (AvgIpc) is 2.36. The topological polar surface area (TPSA) is 43.1 Å². The van der Waals surface area contributed by atoms with Gasteiger partial charge in [0.25, 0.3) is 0 Å². The van der Waals surface area contributed by atoms with Gasteiger partial charge in [-0.15, -0.1) is 0 Å². The number of hydrogen-bond donors (Lipinski definition) is 1. The van der Waals surface area contributed by atoms with Gasteiger partial charge in [0.15, 0.2) is 0 Å². The highest BCUT2D eigenvalue weighted by Gasteiger charge is 2.11. The molecule has 0 aliphatic heterocycles. The van der Waals surface area contributed by atoms with Gasteiger partial charge in [0.1, 0.15) is 5.82 Å². The van der Waals surface area contributed by atoms with Gasteiger partial charge in [-0.05, 0) is 35.9 Å². The van der Waals surface area contributed by atoms with Crippen LogP contribution in [-0.2, 0) is 16.6 Å². The Morgan fingerprint density at radius 1 is 1.11 bits per heavy atom. The molecule has 0 bridgehead atoms. The molecule has 0 saturated heterocycles. The second-order valence-corrected chi connectivity index (χ2v) is 6.16. The Morgan fingerprint density at radius 2 is 1.79 bits per heavy atom. The van der Waals surface area contributed by atoms with Crippen molar-refractivity contribution in [1.82, 2.24) is 0 Å². The zero-order chi connectivity index (χ0) is 14.0. The van der Waals surface area contributed by atoms with Crippen LogP contribution in [0, 0.1) is 5.82 Å². The van der Waals surface area contributed by atoms with Gasteiger partial charge in [-0.1, -0.05) is 29.3 Å². The van der Waals surface area contributed by atoms with Gasteiger partial charge in [0.2, 0.25) is 0 Å². The standard InChI is InChI=1S/C13H10Cl2FNOS/c14-10-3-1-8(5-12(10)16)7-19(18)13-6-9(17)2-4-11(13)15/h1-6H,7,17H2. The molecule has 19 heavy (non-hydrogen) atoms. The van der Waals surface area contributed by atoms with E-state index >= 15 is 0 Å². The van der Waals surface area contributed by atoms with Crippen molar-refractivity contribution in [2.45, 2.75) is 10.6 Å². The summed E-state index contributed by atoms with van der Waals surface area (Å²) in [6.07, 6.45) is 0. The Hall–Kier alpha value is -1.10. The molecule has 6 heteroatoms. The molecule has 2 N–H and O–H groups in total. The molecule has 1 atom stereocenters. The highest BCUT2D eigenvalue weighted by Crippen LogP contribution is 2.25. The summed E-state index contributed by atoms with van der Waals surface area (Å²) in [6.45, 7) is 0. The van der Waals surface area contributed by atoms with Crippen molar-refractivity contribution in [3.8, 4) is 0 Å². The monoisotopic (exact) mass is 317 g/mol. The van der Waals surface area contributed by atoms with Gasteiger partial charge in [0.05, 0.1) is 31.5 Å². The molecule has 0 amide bonds. The first-order valence-electron chi connectivity index (χ1n) is 5.34. The number of nitrogens with two attached hydrogens (primary N) is 1. The van der Waals surface area contributed by atoms with Crippen LogP contribution in [0.15, 0.2) is 41.3 Å². The lowest BCUT2D eigenvalue weighted by atomic mass is 10.2. The van der Waals surface area contributed by atoms with Gasteiger partial charge >= 0.3 is 0 Å². The third-order valence-electron chi connectivity index (χ3n) is 2.48. The van der Waals surface area contributed by atoms with Crippen molar-refractivity contribution in [3.05, 3.63) is 57.8 Å². The normalized spacial score (nSPS) is 12.4. The van der Waals surface area contributed by atoms with Crippen LogP contribution in [0.25, 0.3) is 0 Å². The van der Waals surface area contributed by atoms with Crippen LogP contribution in [0.2, 0.25) is 10.0 Å². The van der Waals surface area contributed by atoms with E-state index in [1.807, 2.05) is 0 Å². The second-order valence-electron chi connectivity index (χ2n) is 3.93. The van der Waals surface area contributed by atoms with E-state index in [2.05, 4.69) is 0 Å². The highest BCUT2D eigenvalue weighted by atomic mass is 35.5. The Morgan fingerprint density at radius 3 is 2.47 bits per heavy atom. The zero-order valence-corrected chi connectivity index (χ0v) is 12.0. The molecule has 0 aromatic heterocycles. The third-order valence-corrected chi connectivity index (χ3v) is 4.65. The summed E-state index contributed by atoms with van der Waals surface area (Å²) in [4.78, 5) is 0.442. The number of halogens is 3. The summed E-state index contributed by atoms with van der Waals surface area (Å²) >= 11 is 11.6. The van der Waals surface area contributed by atoms with E-state index < -0.39 is 16.6 Å². The van der Waals surface area contributed by atoms with E-state index in [0.29, 0.717) is 21.2 Å². The summed E-state index contributed by atoms with van der Waals surface area (Å²) in [5.74, 6) is -0.382. The van der Waals surface area contributed by atoms with Crippen molar-refractivity contribution in [2.24, 2.45) is 0 Å². The molecule has 0 saturated carbocycles. The first-order valence-corrected chi connectivity index (χ1v) is 7.42. The molecule has 0 heterocycles. The van der Waals surface area contributed by atoms with Crippen LogP contribution in [0.3, 0.4) is 0 Å². The number of benzene rings is 2. The molecular weight excluding hydrogens is 308 g/mol. The van der Waals surface area contributed by atoms with Crippen molar-refractivity contribution >= 4 is 39.7 Å². The Labute approximate surface area is 122 Å². The minimum atomic E-state index is -1.39. The molecule has 0 spiro atoms. The van der Waals surface area contributed by atoms with Gasteiger partial charge in [-0.25, -0.2) is 4.39 Å². The van der Waals surface area contributed by atoms with Crippen molar-refractivity contribution in [2.75, 3.05) is 5.73 Å². The maximum atomic E-state index is 13.3. The fraction of sp³-hybridized carbons (Fsp3) is 0.0769. The van der Waals surface area contributed by atoms with Gasteiger partial charge < -0.3 is 5.73 Å². The van der Waals surface area contributed by atoms with Gasteiger partial charge in [-0.2, -0.15) is 0 Å². The van der Waals surface area contributed by atoms with Gasteiger partial charge in [-0.3, -0.25) is 4.21 Å². The van der Waals surface area contributed by atoms with Crippen LogP contribution in [-0.4, -0.2) is 4.21 Å². The van der Waals surface area contributed by atoms with E-state index in [0.717, 1.165) is 0 Å². The van der Waals surface area contributed by atoms with Gasteiger partial charge in [0, 0.05) is 5.69 Å². The fourth-order valence-electron chi connectivity index (χ4n) is 1.55. The summed E-state index contributed by atoms with van der Waals surface area (Å²) < 4.78 is 25.5. The van der Waals surface area contributed by atoms with Crippen LogP contribution in [0.4, 0.5) is 10.1 Å². The first-order chi connectivity index (χ1) is 8.97. The Kier molecular flexibility index (Phi) is 4.45. The Bertz CT molecular complexity index is 649. The lowest BCUT2D eigenvalue weighted by Gasteiger charge is -2.06. The second kappa shape index (κ2) is 5.90. The lowest BCUT2D eigenvalue weighted by molar-refractivity contribution is 0.626. The molecule has 2 aromatic rings. The summed E-state index contributed by atoms with van der Waals surface area (Å²) in [5.41, 5.74) is 6.70. The van der Waals surface area contributed by atoms with E-state index in [-0.39, 0.29) is 10.8 Å². The number of hydrogen-bond acceptors (Lipinski definition) is 2. The molecule has 0 aliphatic carbocycles. The molecule has 100 valence electrons. The molecule has 0 fully saturated rings. The molecule has 0 aliphatic rings. The maximum absolute atomic E-state index is 13.3. The zero-order valence-electron chi connectivity index (χ0n) is 9.70. The first kappa shape index (κ1) is 14.3. The minimum absolute atomic E-state index is 0.0384. The van der Waals surface area contributed by atoms with Crippen molar-refractivity contribution in [1.29, 1.82) is 0 Å². The van der Waals surface area contributed by atoms with Crippen molar-refractivity contribution < 1.29 is 8.60 Å². The highest BCUT2D eigenvalue weighted by molar-refractivity contribution is 7.84. The maximum Gasteiger partial charge on any atom is 0.142 e. The van der Waals surface area contributed by atoms with Crippen LogP contribution in [0.5, 0.6) is 0 Å². The van der Waals surface area contributed by atoms with Crippen molar-refractivity contribution in [3.63, 3.8) is 0 Å². The number of anilines is 1. The summed E-state index contributed by atoms with van der Waals surface area (Å²) in [7, 11) is -1.39.